The number of aryl methyl sites for hydroxylation is 1. The summed E-state index contributed by atoms with van der Waals surface area (Å²) in [5.41, 5.74) is 2.50. The molecule has 1 N–H and O–H groups in total. The quantitative estimate of drug-likeness (QED) is 0.660. The molecule has 0 aliphatic rings. The van der Waals surface area contributed by atoms with Gasteiger partial charge in [0.25, 0.3) is 5.69 Å². The molecule has 0 aliphatic carbocycles. The highest BCUT2D eigenvalue weighted by molar-refractivity contribution is 5.55. The minimum atomic E-state index is -0.372. The van der Waals surface area contributed by atoms with Crippen molar-refractivity contribution >= 4 is 11.4 Å². The number of nitrogens with zero attached hydrogens (tertiary/aromatic N) is 1. The van der Waals surface area contributed by atoms with Gasteiger partial charge in [0.1, 0.15) is 0 Å². The van der Waals surface area contributed by atoms with Crippen molar-refractivity contribution in [2.75, 3.05) is 5.32 Å². The highest BCUT2D eigenvalue weighted by Crippen LogP contribution is 2.25. The van der Waals surface area contributed by atoms with Crippen LogP contribution in [0.25, 0.3) is 0 Å². The van der Waals surface area contributed by atoms with Gasteiger partial charge in [-0.2, -0.15) is 0 Å². The number of hydrogen-bond acceptors (Lipinski definition) is 4. The molecule has 0 spiro atoms. The van der Waals surface area contributed by atoms with Crippen molar-refractivity contribution in [3.63, 3.8) is 0 Å². The predicted octanol–water partition coefficient (Wildman–Crippen LogP) is 3.67. The highest BCUT2D eigenvalue weighted by Gasteiger charge is 2.13. The predicted molar refractivity (Wildman–Crippen MR) is 68.6 cm³/mol. The maximum absolute atomic E-state index is 10.9. The van der Waals surface area contributed by atoms with E-state index >= 15 is 0 Å². The highest BCUT2D eigenvalue weighted by atomic mass is 16.6. The van der Waals surface area contributed by atoms with E-state index in [1.165, 1.54) is 0 Å². The van der Waals surface area contributed by atoms with Crippen molar-refractivity contribution in [1.29, 1.82) is 0 Å². The monoisotopic (exact) mass is 246 g/mol. The van der Waals surface area contributed by atoms with Crippen LogP contribution in [-0.4, -0.2) is 4.92 Å². The molecule has 1 heterocycles. The van der Waals surface area contributed by atoms with Crippen molar-refractivity contribution in [2.45, 2.75) is 19.9 Å². The maximum atomic E-state index is 10.9. The van der Waals surface area contributed by atoms with Crippen LogP contribution in [0.5, 0.6) is 0 Å². The van der Waals surface area contributed by atoms with Crippen LogP contribution in [0, 0.1) is 17.0 Å². The second-order valence-corrected chi connectivity index (χ2v) is 4.18. The molecule has 18 heavy (non-hydrogen) atoms. The normalized spacial score (nSPS) is 12.1. The van der Waals surface area contributed by atoms with Crippen molar-refractivity contribution in [1.82, 2.24) is 0 Å². The number of anilines is 1. The van der Waals surface area contributed by atoms with Gasteiger partial charge in [0, 0.05) is 22.9 Å². The third-order valence-electron chi connectivity index (χ3n) is 2.83. The summed E-state index contributed by atoms with van der Waals surface area (Å²) in [7, 11) is 0. The molecule has 94 valence electrons. The van der Waals surface area contributed by atoms with E-state index in [0.717, 1.165) is 11.3 Å². The second kappa shape index (κ2) is 4.91. The lowest BCUT2D eigenvalue weighted by molar-refractivity contribution is -0.385. The van der Waals surface area contributed by atoms with Gasteiger partial charge in [-0.25, -0.2) is 0 Å². The van der Waals surface area contributed by atoms with Gasteiger partial charge in [-0.15, -0.1) is 0 Å². The average Bonchev–Trinajstić information content (AvgIpc) is 2.85. The van der Waals surface area contributed by atoms with E-state index in [0.29, 0.717) is 5.56 Å². The van der Waals surface area contributed by atoms with E-state index in [4.69, 9.17) is 4.42 Å². The van der Waals surface area contributed by atoms with Crippen LogP contribution in [0.4, 0.5) is 11.4 Å². The molecule has 0 radical (unpaired) electrons. The number of nitro groups is 1. The molecule has 0 saturated carbocycles. The molecule has 0 aliphatic heterocycles. The summed E-state index contributed by atoms with van der Waals surface area (Å²) in [6, 6.07) is 7.01. The Labute approximate surface area is 105 Å². The largest absolute Gasteiger partial charge is 0.472 e. The van der Waals surface area contributed by atoms with E-state index in [-0.39, 0.29) is 16.7 Å². The van der Waals surface area contributed by atoms with Crippen molar-refractivity contribution < 1.29 is 9.34 Å². The van der Waals surface area contributed by atoms with Crippen LogP contribution in [0.3, 0.4) is 0 Å². The fourth-order valence-corrected chi connectivity index (χ4v) is 1.75. The topological polar surface area (TPSA) is 68.3 Å². The molecule has 0 saturated heterocycles. The summed E-state index contributed by atoms with van der Waals surface area (Å²) >= 11 is 0. The van der Waals surface area contributed by atoms with Crippen LogP contribution in [0.1, 0.15) is 24.1 Å². The van der Waals surface area contributed by atoms with E-state index in [2.05, 4.69) is 5.32 Å². The average molecular weight is 246 g/mol. The van der Waals surface area contributed by atoms with Gasteiger partial charge in [0.05, 0.1) is 23.5 Å². The fourth-order valence-electron chi connectivity index (χ4n) is 1.75. The Balaban J connectivity index is 2.20. The Hall–Kier alpha value is -2.30. The third kappa shape index (κ3) is 2.51. The summed E-state index contributed by atoms with van der Waals surface area (Å²) in [5, 5.41) is 14.1. The lowest BCUT2D eigenvalue weighted by Gasteiger charge is -2.13. The van der Waals surface area contributed by atoms with Gasteiger partial charge in [-0.05, 0) is 26.0 Å². The zero-order valence-corrected chi connectivity index (χ0v) is 10.2. The van der Waals surface area contributed by atoms with Gasteiger partial charge < -0.3 is 9.73 Å². The smallest absolute Gasteiger partial charge is 0.274 e. The van der Waals surface area contributed by atoms with E-state index in [1.54, 1.807) is 31.6 Å². The molecular formula is C13H14N2O3. The molecule has 1 aromatic heterocycles. The Morgan fingerprint density at radius 3 is 2.78 bits per heavy atom. The molecular weight excluding hydrogens is 232 g/mol. The van der Waals surface area contributed by atoms with Crippen LogP contribution in [0.2, 0.25) is 0 Å². The lowest BCUT2D eigenvalue weighted by Crippen LogP contribution is -2.06. The Kier molecular flexibility index (Phi) is 3.32. The third-order valence-corrected chi connectivity index (χ3v) is 2.83. The van der Waals surface area contributed by atoms with Gasteiger partial charge in [-0.1, -0.05) is 6.07 Å². The number of rotatable bonds is 4. The Bertz CT molecular complexity index is 549. The summed E-state index contributed by atoms with van der Waals surface area (Å²) in [6.45, 7) is 3.69. The zero-order valence-electron chi connectivity index (χ0n) is 10.2. The SMILES string of the molecule is Cc1ccc(NC(C)c2ccoc2)cc1[N+](=O)[O-]. The van der Waals surface area contributed by atoms with Crippen LogP contribution in [-0.2, 0) is 0 Å². The number of furan rings is 1. The summed E-state index contributed by atoms with van der Waals surface area (Å²) in [5.74, 6) is 0. The van der Waals surface area contributed by atoms with Crippen molar-refractivity contribution in [3.05, 3.63) is 58.0 Å². The first-order chi connectivity index (χ1) is 8.58. The summed E-state index contributed by atoms with van der Waals surface area (Å²) < 4.78 is 5.01. The first-order valence-electron chi connectivity index (χ1n) is 5.61. The minimum absolute atomic E-state index is 0.0334. The molecule has 2 aromatic rings. The summed E-state index contributed by atoms with van der Waals surface area (Å²) in [6.07, 6.45) is 3.26. The van der Waals surface area contributed by atoms with E-state index in [9.17, 15) is 10.1 Å². The second-order valence-electron chi connectivity index (χ2n) is 4.18. The number of nitrogens with one attached hydrogen (secondary N) is 1. The number of nitro benzene ring substituents is 1. The molecule has 1 atom stereocenters. The molecule has 0 bridgehead atoms. The fraction of sp³-hybridized carbons (Fsp3) is 0.231. The van der Waals surface area contributed by atoms with Gasteiger partial charge in [0.2, 0.25) is 0 Å². The van der Waals surface area contributed by atoms with E-state index in [1.807, 2.05) is 19.1 Å². The van der Waals surface area contributed by atoms with Crippen molar-refractivity contribution in [2.24, 2.45) is 0 Å². The van der Waals surface area contributed by atoms with Gasteiger partial charge in [-0.3, -0.25) is 10.1 Å². The molecule has 2 rings (SSSR count). The van der Waals surface area contributed by atoms with Crippen molar-refractivity contribution in [3.8, 4) is 0 Å². The molecule has 1 aromatic carbocycles. The standard InChI is InChI=1S/C13H14N2O3/c1-9-3-4-12(7-13(9)15(16)17)14-10(2)11-5-6-18-8-11/h3-8,10,14H,1-2H3. The van der Waals surface area contributed by atoms with Crippen LogP contribution < -0.4 is 5.32 Å². The molecule has 0 amide bonds. The number of benzene rings is 1. The molecule has 5 nitrogen and oxygen atoms in total. The number of hydrogen-bond donors (Lipinski definition) is 1. The molecule has 0 fully saturated rings. The molecule has 1 unspecified atom stereocenters. The molecule has 5 heteroatoms. The Morgan fingerprint density at radius 2 is 2.17 bits per heavy atom. The van der Waals surface area contributed by atoms with Gasteiger partial charge in [0.15, 0.2) is 0 Å². The summed E-state index contributed by atoms with van der Waals surface area (Å²) in [4.78, 5) is 10.5. The maximum Gasteiger partial charge on any atom is 0.274 e. The first kappa shape index (κ1) is 12.2. The first-order valence-corrected chi connectivity index (χ1v) is 5.61. The zero-order chi connectivity index (χ0) is 13.1. The van der Waals surface area contributed by atoms with Crippen LogP contribution in [0.15, 0.2) is 41.2 Å². The Morgan fingerprint density at radius 1 is 1.39 bits per heavy atom. The lowest BCUT2D eigenvalue weighted by atomic mass is 10.1. The van der Waals surface area contributed by atoms with Crippen LogP contribution >= 0.6 is 0 Å². The van der Waals surface area contributed by atoms with Gasteiger partial charge >= 0.3 is 0 Å². The van der Waals surface area contributed by atoms with E-state index < -0.39 is 0 Å². The minimum Gasteiger partial charge on any atom is -0.472 e.